The van der Waals surface area contributed by atoms with Crippen molar-refractivity contribution in [3.8, 4) is 0 Å². The minimum atomic E-state index is -0.122. The van der Waals surface area contributed by atoms with E-state index in [0.717, 1.165) is 17.0 Å². The van der Waals surface area contributed by atoms with Crippen LogP contribution in [0.4, 0.5) is 0 Å². The summed E-state index contributed by atoms with van der Waals surface area (Å²) < 4.78 is 6.99. The molecule has 0 saturated heterocycles. The first-order valence-corrected chi connectivity index (χ1v) is 4.71. The van der Waals surface area contributed by atoms with Crippen molar-refractivity contribution in [2.75, 3.05) is 0 Å². The quantitative estimate of drug-likeness (QED) is 0.577. The van der Waals surface area contributed by atoms with Crippen LogP contribution in [0, 0.1) is 6.92 Å². The monoisotopic (exact) mass is 206 g/mol. The second-order valence-electron chi connectivity index (χ2n) is 3.50. The molecule has 0 bridgehead atoms. The van der Waals surface area contributed by atoms with Gasteiger partial charge >= 0.3 is 0 Å². The number of hydrogen-bond donors (Lipinski definition) is 2. The summed E-state index contributed by atoms with van der Waals surface area (Å²) >= 11 is 0. The van der Waals surface area contributed by atoms with Gasteiger partial charge in [0, 0.05) is 18.8 Å². The second kappa shape index (κ2) is 3.88. The molecule has 0 radical (unpaired) electrons. The Morgan fingerprint density at radius 3 is 2.87 bits per heavy atom. The van der Waals surface area contributed by atoms with Crippen LogP contribution in [0.5, 0.6) is 0 Å². The van der Waals surface area contributed by atoms with E-state index in [2.05, 4.69) is 10.5 Å². The Kier molecular flexibility index (Phi) is 2.57. The molecular formula is C10H14N4O. The maximum absolute atomic E-state index is 5.51. The smallest absolute Gasteiger partial charge is 0.101 e. The number of aryl methyl sites for hydroxylation is 2. The SMILES string of the molecule is Cc1cc(C(NN)c2ccn(C)n2)co1. The first-order valence-electron chi connectivity index (χ1n) is 4.71. The predicted octanol–water partition coefficient (Wildman–Crippen LogP) is 0.874. The first-order chi connectivity index (χ1) is 7.20. The fourth-order valence-corrected chi connectivity index (χ4v) is 1.55. The molecule has 2 aromatic rings. The average Bonchev–Trinajstić information content (AvgIpc) is 2.78. The zero-order valence-electron chi connectivity index (χ0n) is 8.77. The molecule has 0 aliphatic carbocycles. The van der Waals surface area contributed by atoms with Gasteiger partial charge in [0.05, 0.1) is 18.0 Å². The Balaban J connectivity index is 2.32. The zero-order chi connectivity index (χ0) is 10.8. The van der Waals surface area contributed by atoms with Crippen LogP contribution in [-0.4, -0.2) is 9.78 Å². The largest absolute Gasteiger partial charge is 0.469 e. The lowest BCUT2D eigenvalue weighted by atomic mass is 10.1. The molecule has 15 heavy (non-hydrogen) atoms. The second-order valence-corrected chi connectivity index (χ2v) is 3.50. The molecule has 3 N–H and O–H groups in total. The summed E-state index contributed by atoms with van der Waals surface area (Å²) in [5.41, 5.74) is 4.58. The van der Waals surface area contributed by atoms with Gasteiger partial charge in [-0.25, -0.2) is 5.43 Å². The molecular weight excluding hydrogens is 192 g/mol. The fourth-order valence-electron chi connectivity index (χ4n) is 1.55. The predicted molar refractivity (Wildman–Crippen MR) is 55.8 cm³/mol. The van der Waals surface area contributed by atoms with Gasteiger partial charge in [-0.05, 0) is 19.1 Å². The van der Waals surface area contributed by atoms with Gasteiger partial charge in [0.25, 0.3) is 0 Å². The molecule has 0 aliphatic heterocycles. The first kappa shape index (κ1) is 9.95. The molecule has 1 unspecified atom stereocenters. The molecule has 0 amide bonds. The van der Waals surface area contributed by atoms with Crippen LogP contribution >= 0.6 is 0 Å². The van der Waals surface area contributed by atoms with Crippen LogP contribution < -0.4 is 11.3 Å². The van der Waals surface area contributed by atoms with Crippen molar-refractivity contribution in [2.24, 2.45) is 12.9 Å². The topological polar surface area (TPSA) is 69.0 Å². The molecule has 5 heteroatoms. The molecule has 2 rings (SSSR count). The van der Waals surface area contributed by atoms with E-state index in [-0.39, 0.29) is 6.04 Å². The molecule has 2 aromatic heterocycles. The molecule has 0 aliphatic rings. The third-order valence-corrected chi connectivity index (χ3v) is 2.28. The highest BCUT2D eigenvalue weighted by atomic mass is 16.3. The van der Waals surface area contributed by atoms with E-state index in [4.69, 9.17) is 10.3 Å². The lowest BCUT2D eigenvalue weighted by Crippen LogP contribution is -2.28. The van der Waals surface area contributed by atoms with Crippen LogP contribution in [-0.2, 0) is 7.05 Å². The van der Waals surface area contributed by atoms with Gasteiger partial charge in [-0.15, -0.1) is 0 Å². The van der Waals surface area contributed by atoms with E-state index in [1.54, 1.807) is 10.9 Å². The molecule has 0 spiro atoms. The van der Waals surface area contributed by atoms with Gasteiger partial charge in [0.1, 0.15) is 5.76 Å². The van der Waals surface area contributed by atoms with E-state index in [0.29, 0.717) is 0 Å². The molecule has 0 aromatic carbocycles. The van der Waals surface area contributed by atoms with E-state index < -0.39 is 0 Å². The third-order valence-electron chi connectivity index (χ3n) is 2.28. The van der Waals surface area contributed by atoms with Gasteiger partial charge in [-0.2, -0.15) is 5.10 Å². The Bertz CT molecular complexity index is 405. The number of rotatable bonds is 3. The summed E-state index contributed by atoms with van der Waals surface area (Å²) in [5.74, 6) is 6.38. The molecule has 5 nitrogen and oxygen atoms in total. The third kappa shape index (κ3) is 1.93. The highest BCUT2D eigenvalue weighted by Gasteiger charge is 2.16. The van der Waals surface area contributed by atoms with E-state index in [1.807, 2.05) is 32.3 Å². The van der Waals surface area contributed by atoms with Gasteiger partial charge in [-0.1, -0.05) is 0 Å². The normalized spacial score (nSPS) is 13.0. The van der Waals surface area contributed by atoms with Crippen molar-refractivity contribution in [2.45, 2.75) is 13.0 Å². The molecule has 1 atom stereocenters. The summed E-state index contributed by atoms with van der Waals surface area (Å²) in [5, 5.41) is 4.30. The minimum Gasteiger partial charge on any atom is -0.469 e. The zero-order valence-corrected chi connectivity index (χ0v) is 8.77. The van der Waals surface area contributed by atoms with E-state index in [1.165, 1.54) is 0 Å². The van der Waals surface area contributed by atoms with Crippen molar-refractivity contribution in [3.63, 3.8) is 0 Å². The van der Waals surface area contributed by atoms with Crippen LogP contribution in [0.25, 0.3) is 0 Å². The molecule has 2 heterocycles. The number of nitrogens with one attached hydrogen (secondary N) is 1. The van der Waals surface area contributed by atoms with Gasteiger partial charge in [-0.3, -0.25) is 10.5 Å². The maximum atomic E-state index is 5.51. The number of hydrogen-bond acceptors (Lipinski definition) is 4. The summed E-state index contributed by atoms with van der Waals surface area (Å²) in [4.78, 5) is 0. The number of nitrogens with two attached hydrogens (primary N) is 1. The number of furan rings is 1. The fraction of sp³-hybridized carbons (Fsp3) is 0.300. The highest BCUT2D eigenvalue weighted by molar-refractivity contribution is 5.25. The average molecular weight is 206 g/mol. The van der Waals surface area contributed by atoms with Crippen LogP contribution in [0.15, 0.2) is 29.0 Å². The van der Waals surface area contributed by atoms with Gasteiger partial charge in [0.15, 0.2) is 0 Å². The number of nitrogens with zero attached hydrogens (tertiary/aromatic N) is 2. The molecule has 0 saturated carbocycles. The van der Waals surface area contributed by atoms with Crippen molar-refractivity contribution in [1.29, 1.82) is 0 Å². The number of hydrazine groups is 1. The minimum absolute atomic E-state index is 0.122. The van der Waals surface area contributed by atoms with Crippen molar-refractivity contribution in [1.82, 2.24) is 15.2 Å². The Morgan fingerprint density at radius 2 is 2.40 bits per heavy atom. The highest BCUT2D eigenvalue weighted by Crippen LogP contribution is 2.21. The van der Waals surface area contributed by atoms with E-state index in [9.17, 15) is 0 Å². The van der Waals surface area contributed by atoms with Crippen molar-refractivity contribution in [3.05, 3.63) is 41.6 Å². The van der Waals surface area contributed by atoms with Crippen LogP contribution in [0.2, 0.25) is 0 Å². The molecule has 0 fully saturated rings. The van der Waals surface area contributed by atoms with Crippen molar-refractivity contribution >= 4 is 0 Å². The van der Waals surface area contributed by atoms with Crippen LogP contribution in [0.3, 0.4) is 0 Å². The Labute approximate surface area is 87.8 Å². The standard InChI is InChI=1S/C10H14N4O/c1-7-5-8(6-15-7)10(12-11)9-3-4-14(2)13-9/h3-6,10,12H,11H2,1-2H3. The summed E-state index contributed by atoms with van der Waals surface area (Å²) in [6.07, 6.45) is 3.57. The maximum Gasteiger partial charge on any atom is 0.101 e. The Hall–Kier alpha value is -1.59. The summed E-state index contributed by atoms with van der Waals surface area (Å²) in [6, 6.07) is 3.75. The number of aromatic nitrogens is 2. The summed E-state index contributed by atoms with van der Waals surface area (Å²) in [7, 11) is 1.87. The lowest BCUT2D eigenvalue weighted by Gasteiger charge is -2.10. The molecule has 80 valence electrons. The van der Waals surface area contributed by atoms with Crippen LogP contribution in [0.1, 0.15) is 23.1 Å². The van der Waals surface area contributed by atoms with Crippen molar-refractivity contribution < 1.29 is 4.42 Å². The lowest BCUT2D eigenvalue weighted by molar-refractivity contribution is 0.523. The Morgan fingerprint density at radius 1 is 1.60 bits per heavy atom. The summed E-state index contributed by atoms with van der Waals surface area (Å²) in [6.45, 7) is 1.90. The van der Waals surface area contributed by atoms with E-state index >= 15 is 0 Å². The van der Waals surface area contributed by atoms with Gasteiger partial charge < -0.3 is 4.42 Å². The van der Waals surface area contributed by atoms with Gasteiger partial charge in [0.2, 0.25) is 0 Å².